The summed E-state index contributed by atoms with van der Waals surface area (Å²) in [4.78, 5) is 9.00. The topological polar surface area (TPSA) is 66.0 Å². The van der Waals surface area contributed by atoms with Gasteiger partial charge in [-0.15, -0.1) is 0 Å². The highest BCUT2D eigenvalue weighted by Gasteiger charge is 2.33. The van der Waals surface area contributed by atoms with Crippen molar-refractivity contribution in [1.29, 1.82) is 0 Å². The first kappa shape index (κ1) is 12.6. The van der Waals surface area contributed by atoms with Crippen LogP contribution in [0.5, 0.6) is 0 Å². The molecule has 0 radical (unpaired) electrons. The number of benzene rings is 1. The molecule has 0 amide bonds. The van der Waals surface area contributed by atoms with Gasteiger partial charge >= 0.3 is 0 Å². The Morgan fingerprint density at radius 1 is 1.19 bits per heavy atom. The van der Waals surface area contributed by atoms with Crippen LogP contribution in [0, 0.1) is 0 Å². The van der Waals surface area contributed by atoms with Gasteiger partial charge in [0.2, 0.25) is 5.95 Å². The average Bonchev–Trinajstić information content (AvgIpc) is 2.85. The van der Waals surface area contributed by atoms with Crippen LogP contribution in [-0.4, -0.2) is 27.7 Å². The number of aromatic nitrogens is 3. The third kappa shape index (κ3) is 1.81. The number of nitrogen functional groups attached to an aromatic ring is 1. The number of imidazole rings is 1. The van der Waals surface area contributed by atoms with Crippen molar-refractivity contribution >= 4 is 27.9 Å². The summed E-state index contributed by atoms with van der Waals surface area (Å²) in [6, 6.07) is 8.14. The van der Waals surface area contributed by atoms with E-state index in [0.717, 1.165) is 48.0 Å². The first-order valence-electron chi connectivity index (χ1n) is 7.29. The van der Waals surface area contributed by atoms with E-state index in [1.807, 2.05) is 24.4 Å². The highest BCUT2D eigenvalue weighted by molar-refractivity contribution is 6.03. The van der Waals surface area contributed by atoms with Crippen LogP contribution >= 0.6 is 0 Å². The summed E-state index contributed by atoms with van der Waals surface area (Å²) in [6.07, 6.45) is 3.70. The SMILES string of the molecule is CC1(n2c(N)nc3cnc4ccccc4c32)CCOCC1. The van der Waals surface area contributed by atoms with E-state index in [9.17, 15) is 0 Å². The van der Waals surface area contributed by atoms with E-state index in [4.69, 9.17) is 10.5 Å². The van der Waals surface area contributed by atoms with Gasteiger partial charge in [-0.05, 0) is 25.8 Å². The number of pyridine rings is 1. The molecule has 5 heteroatoms. The largest absolute Gasteiger partial charge is 0.381 e. The Morgan fingerprint density at radius 2 is 1.95 bits per heavy atom. The van der Waals surface area contributed by atoms with Gasteiger partial charge in [-0.1, -0.05) is 18.2 Å². The summed E-state index contributed by atoms with van der Waals surface area (Å²) >= 11 is 0. The van der Waals surface area contributed by atoms with E-state index < -0.39 is 0 Å². The molecule has 2 N–H and O–H groups in total. The Hall–Kier alpha value is -2.14. The monoisotopic (exact) mass is 282 g/mol. The fourth-order valence-corrected chi connectivity index (χ4v) is 3.30. The predicted octanol–water partition coefficient (Wildman–Crippen LogP) is 2.69. The van der Waals surface area contributed by atoms with Crippen LogP contribution in [0.2, 0.25) is 0 Å². The maximum atomic E-state index is 6.24. The average molecular weight is 282 g/mol. The van der Waals surface area contributed by atoms with E-state index in [0.29, 0.717) is 5.95 Å². The molecule has 0 spiro atoms. The lowest BCUT2D eigenvalue weighted by Gasteiger charge is -2.36. The normalized spacial score (nSPS) is 18.3. The molecule has 2 aromatic heterocycles. The van der Waals surface area contributed by atoms with Crippen LogP contribution in [0.25, 0.3) is 21.9 Å². The lowest BCUT2D eigenvalue weighted by Crippen LogP contribution is -2.37. The fourth-order valence-electron chi connectivity index (χ4n) is 3.30. The van der Waals surface area contributed by atoms with Crippen LogP contribution < -0.4 is 5.73 Å². The van der Waals surface area contributed by atoms with Crippen molar-refractivity contribution in [2.45, 2.75) is 25.3 Å². The Balaban J connectivity index is 2.07. The second-order valence-corrected chi connectivity index (χ2v) is 5.92. The van der Waals surface area contributed by atoms with Crippen molar-refractivity contribution in [2.75, 3.05) is 18.9 Å². The van der Waals surface area contributed by atoms with Crippen molar-refractivity contribution in [2.24, 2.45) is 0 Å². The Bertz CT molecular complexity index is 818. The molecular formula is C16H18N4O. The number of anilines is 1. The number of hydrogen-bond donors (Lipinski definition) is 1. The molecule has 0 bridgehead atoms. The first-order valence-corrected chi connectivity index (χ1v) is 7.29. The van der Waals surface area contributed by atoms with Gasteiger partial charge in [-0.2, -0.15) is 0 Å². The lowest BCUT2D eigenvalue weighted by atomic mass is 9.91. The summed E-state index contributed by atoms with van der Waals surface area (Å²) in [5.41, 5.74) is 9.11. The number of para-hydroxylation sites is 1. The summed E-state index contributed by atoms with van der Waals surface area (Å²) in [5, 5.41) is 1.10. The Labute approximate surface area is 122 Å². The second kappa shape index (κ2) is 4.43. The molecule has 1 aliphatic heterocycles. The number of hydrogen-bond acceptors (Lipinski definition) is 4. The van der Waals surface area contributed by atoms with Crippen LogP contribution in [-0.2, 0) is 10.3 Å². The van der Waals surface area contributed by atoms with Gasteiger partial charge in [-0.3, -0.25) is 4.98 Å². The van der Waals surface area contributed by atoms with Crippen molar-refractivity contribution in [3.8, 4) is 0 Å². The zero-order chi connectivity index (χ0) is 14.4. The van der Waals surface area contributed by atoms with Gasteiger partial charge in [0.15, 0.2) is 0 Å². The van der Waals surface area contributed by atoms with Gasteiger partial charge in [0, 0.05) is 24.1 Å². The number of nitrogens with two attached hydrogens (primary N) is 1. The molecule has 0 unspecified atom stereocenters. The van der Waals surface area contributed by atoms with Crippen LogP contribution in [0.1, 0.15) is 19.8 Å². The molecule has 1 fully saturated rings. The number of ether oxygens (including phenoxy) is 1. The van der Waals surface area contributed by atoms with Gasteiger partial charge in [-0.25, -0.2) is 4.98 Å². The predicted molar refractivity (Wildman–Crippen MR) is 83.1 cm³/mol. The minimum Gasteiger partial charge on any atom is -0.381 e. The Morgan fingerprint density at radius 3 is 2.76 bits per heavy atom. The Kier molecular flexibility index (Phi) is 2.65. The number of fused-ring (bicyclic) bond motifs is 3. The third-order valence-corrected chi connectivity index (χ3v) is 4.53. The molecular weight excluding hydrogens is 264 g/mol. The first-order chi connectivity index (χ1) is 10.2. The van der Waals surface area contributed by atoms with E-state index >= 15 is 0 Å². The van der Waals surface area contributed by atoms with E-state index in [1.165, 1.54) is 0 Å². The smallest absolute Gasteiger partial charge is 0.201 e. The zero-order valence-electron chi connectivity index (χ0n) is 12.0. The molecule has 4 rings (SSSR count). The quantitative estimate of drug-likeness (QED) is 0.745. The molecule has 0 atom stereocenters. The van der Waals surface area contributed by atoms with Crippen LogP contribution in [0.4, 0.5) is 5.95 Å². The summed E-state index contributed by atoms with van der Waals surface area (Å²) < 4.78 is 7.70. The van der Waals surface area contributed by atoms with Crippen molar-refractivity contribution in [1.82, 2.24) is 14.5 Å². The van der Waals surface area contributed by atoms with Crippen LogP contribution in [0.15, 0.2) is 30.5 Å². The molecule has 3 aromatic rings. The summed E-state index contributed by atoms with van der Waals surface area (Å²) in [6.45, 7) is 3.76. The minimum atomic E-state index is -0.0544. The molecule has 3 heterocycles. The maximum Gasteiger partial charge on any atom is 0.201 e. The standard InChI is InChI=1S/C16H18N4O/c1-16(6-8-21-9-7-16)20-14-11-4-2-3-5-12(11)18-10-13(14)19-15(20)17/h2-5,10H,6-9H2,1H3,(H2,17,19). The molecule has 21 heavy (non-hydrogen) atoms. The summed E-state index contributed by atoms with van der Waals surface area (Å²) in [7, 11) is 0. The molecule has 0 aliphatic carbocycles. The minimum absolute atomic E-state index is 0.0544. The van der Waals surface area contributed by atoms with Gasteiger partial charge in [0.1, 0.15) is 5.52 Å². The van der Waals surface area contributed by atoms with E-state index in [2.05, 4.69) is 27.5 Å². The highest BCUT2D eigenvalue weighted by atomic mass is 16.5. The number of rotatable bonds is 1. The third-order valence-electron chi connectivity index (χ3n) is 4.53. The van der Waals surface area contributed by atoms with E-state index in [1.54, 1.807) is 0 Å². The van der Waals surface area contributed by atoms with Crippen molar-refractivity contribution in [3.63, 3.8) is 0 Å². The molecule has 108 valence electrons. The van der Waals surface area contributed by atoms with Crippen molar-refractivity contribution in [3.05, 3.63) is 30.5 Å². The van der Waals surface area contributed by atoms with E-state index in [-0.39, 0.29) is 5.54 Å². The molecule has 1 aliphatic rings. The lowest BCUT2D eigenvalue weighted by molar-refractivity contribution is 0.0321. The second-order valence-electron chi connectivity index (χ2n) is 5.92. The number of nitrogens with zero attached hydrogens (tertiary/aromatic N) is 3. The highest BCUT2D eigenvalue weighted by Crippen LogP contribution is 2.36. The van der Waals surface area contributed by atoms with Gasteiger partial charge < -0.3 is 15.0 Å². The molecule has 0 saturated carbocycles. The molecule has 1 aromatic carbocycles. The molecule has 5 nitrogen and oxygen atoms in total. The van der Waals surface area contributed by atoms with Crippen LogP contribution in [0.3, 0.4) is 0 Å². The van der Waals surface area contributed by atoms with Gasteiger partial charge in [0.25, 0.3) is 0 Å². The fraction of sp³-hybridized carbons (Fsp3) is 0.375. The van der Waals surface area contributed by atoms with Gasteiger partial charge in [0.05, 0.1) is 17.2 Å². The maximum absolute atomic E-state index is 6.24. The van der Waals surface area contributed by atoms with Crippen molar-refractivity contribution < 1.29 is 4.74 Å². The summed E-state index contributed by atoms with van der Waals surface area (Å²) in [5.74, 6) is 0.563. The molecule has 1 saturated heterocycles. The zero-order valence-corrected chi connectivity index (χ0v) is 12.0.